The predicted octanol–water partition coefficient (Wildman–Crippen LogP) is 1.31. The molecule has 0 bridgehead atoms. The van der Waals surface area contributed by atoms with Gasteiger partial charge in [0.05, 0.1) is 11.0 Å². The normalized spacial score (nSPS) is 18.6. The molecule has 96 valence electrons. The molecule has 1 unspecified atom stereocenters. The van der Waals surface area contributed by atoms with Gasteiger partial charge in [0.15, 0.2) is 0 Å². The van der Waals surface area contributed by atoms with Crippen LogP contribution < -0.4 is 10.2 Å². The van der Waals surface area contributed by atoms with Crippen molar-refractivity contribution in [2.24, 2.45) is 0 Å². The van der Waals surface area contributed by atoms with Gasteiger partial charge in [-0.2, -0.15) is 0 Å². The minimum absolute atomic E-state index is 0.00125. The van der Waals surface area contributed by atoms with E-state index in [0.29, 0.717) is 5.69 Å². The molecule has 0 saturated carbocycles. The molecule has 6 heteroatoms. The molecule has 0 aliphatic carbocycles. The molecular formula is C12H15N3O3. The number of amides is 1. The summed E-state index contributed by atoms with van der Waals surface area (Å²) in [4.78, 5) is 23.7. The molecule has 18 heavy (non-hydrogen) atoms. The fourth-order valence-corrected chi connectivity index (χ4v) is 2.05. The first-order valence-electron chi connectivity index (χ1n) is 5.85. The van der Waals surface area contributed by atoms with E-state index < -0.39 is 4.92 Å². The number of nitrogens with one attached hydrogen (secondary N) is 1. The second kappa shape index (κ2) is 5.14. The number of nitro benzene ring substituents is 1. The molecule has 1 heterocycles. The van der Waals surface area contributed by atoms with Gasteiger partial charge in [-0.15, -0.1) is 0 Å². The molecule has 1 aromatic rings. The van der Waals surface area contributed by atoms with Gasteiger partial charge in [0.1, 0.15) is 0 Å². The third-order valence-corrected chi connectivity index (χ3v) is 3.14. The van der Waals surface area contributed by atoms with Crippen LogP contribution in [-0.4, -0.2) is 30.5 Å². The van der Waals surface area contributed by atoms with Crippen molar-refractivity contribution in [3.8, 4) is 0 Å². The summed E-state index contributed by atoms with van der Waals surface area (Å²) in [5.74, 6) is 0.00125. The highest BCUT2D eigenvalue weighted by molar-refractivity contribution is 5.96. The summed E-state index contributed by atoms with van der Waals surface area (Å²) >= 11 is 0. The highest BCUT2D eigenvalue weighted by Crippen LogP contribution is 2.20. The van der Waals surface area contributed by atoms with Gasteiger partial charge in [-0.05, 0) is 31.5 Å². The molecule has 1 amide bonds. The van der Waals surface area contributed by atoms with Crippen LogP contribution in [0.15, 0.2) is 24.3 Å². The topological polar surface area (TPSA) is 75.5 Å². The van der Waals surface area contributed by atoms with E-state index in [1.165, 1.54) is 17.0 Å². The van der Waals surface area contributed by atoms with Crippen LogP contribution in [0.2, 0.25) is 0 Å². The summed E-state index contributed by atoms with van der Waals surface area (Å²) in [5.41, 5.74) is 0.692. The van der Waals surface area contributed by atoms with Crippen molar-refractivity contribution in [3.63, 3.8) is 0 Å². The van der Waals surface area contributed by atoms with Crippen LogP contribution in [0.3, 0.4) is 0 Å². The number of rotatable bonds is 3. The highest BCUT2D eigenvalue weighted by Gasteiger charge is 2.25. The van der Waals surface area contributed by atoms with E-state index in [9.17, 15) is 14.9 Å². The number of hydrogen-bond donors (Lipinski definition) is 1. The fraction of sp³-hybridized carbons (Fsp3) is 0.417. The van der Waals surface area contributed by atoms with E-state index >= 15 is 0 Å². The Labute approximate surface area is 105 Å². The van der Waals surface area contributed by atoms with Crippen LogP contribution in [-0.2, 0) is 4.79 Å². The standard InChI is InChI=1S/C12H15N3O3/c1-14(12(16)11-3-2-8-13-11)9-4-6-10(7-5-9)15(17)18/h4-7,11,13H,2-3,8H2,1H3. The zero-order valence-corrected chi connectivity index (χ0v) is 10.1. The van der Waals surface area contributed by atoms with Crippen LogP contribution >= 0.6 is 0 Å². The lowest BCUT2D eigenvalue weighted by Crippen LogP contribution is -2.41. The minimum Gasteiger partial charge on any atom is -0.314 e. The molecule has 0 aromatic heterocycles. The molecule has 1 N–H and O–H groups in total. The van der Waals surface area contributed by atoms with Gasteiger partial charge in [0.25, 0.3) is 5.69 Å². The summed E-state index contributed by atoms with van der Waals surface area (Å²) in [6, 6.07) is 5.85. The van der Waals surface area contributed by atoms with E-state index in [0.717, 1.165) is 19.4 Å². The Balaban J connectivity index is 2.10. The minimum atomic E-state index is -0.454. The average Bonchev–Trinajstić information content (AvgIpc) is 2.91. The van der Waals surface area contributed by atoms with Gasteiger partial charge in [-0.25, -0.2) is 0 Å². The molecule has 0 radical (unpaired) electrons. The molecule has 6 nitrogen and oxygen atoms in total. The van der Waals surface area contributed by atoms with Gasteiger partial charge in [0.2, 0.25) is 5.91 Å². The van der Waals surface area contributed by atoms with E-state index in [-0.39, 0.29) is 17.6 Å². The Hall–Kier alpha value is -1.95. The maximum absolute atomic E-state index is 12.1. The molecule has 2 rings (SSSR count). The van der Waals surface area contributed by atoms with Crippen LogP contribution in [0.4, 0.5) is 11.4 Å². The number of carbonyl (C=O) groups is 1. The Morgan fingerprint density at radius 1 is 1.44 bits per heavy atom. The SMILES string of the molecule is CN(C(=O)C1CCCN1)c1ccc([N+](=O)[O-])cc1. The lowest BCUT2D eigenvalue weighted by molar-refractivity contribution is -0.384. The van der Waals surface area contributed by atoms with E-state index in [1.54, 1.807) is 19.2 Å². The maximum atomic E-state index is 12.1. The van der Waals surface area contributed by atoms with Crippen molar-refractivity contribution in [1.29, 1.82) is 0 Å². The van der Waals surface area contributed by atoms with Crippen LogP contribution in [0, 0.1) is 10.1 Å². The number of likely N-dealkylation sites (N-methyl/N-ethyl adjacent to an activating group) is 1. The zero-order chi connectivity index (χ0) is 13.1. The molecule has 1 saturated heterocycles. The van der Waals surface area contributed by atoms with Gasteiger partial charge in [-0.1, -0.05) is 0 Å². The fourth-order valence-electron chi connectivity index (χ4n) is 2.05. The maximum Gasteiger partial charge on any atom is 0.269 e. The van der Waals surface area contributed by atoms with E-state index in [4.69, 9.17) is 0 Å². The summed E-state index contributed by atoms with van der Waals surface area (Å²) in [5, 5.41) is 13.7. The second-order valence-electron chi connectivity index (χ2n) is 4.32. The van der Waals surface area contributed by atoms with Crippen molar-refractivity contribution in [3.05, 3.63) is 34.4 Å². The number of non-ortho nitro benzene ring substituents is 1. The monoisotopic (exact) mass is 249 g/mol. The molecule has 1 aromatic carbocycles. The Kier molecular flexibility index (Phi) is 3.57. The first-order chi connectivity index (χ1) is 8.59. The van der Waals surface area contributed by atoms with Crippen molar-refractivity contribution in [2.75, 3.05) is 18.5 Å². The number of nitrogens with zero attached hydrogens (tertiary/aromatic N) is 2. The molecule has 1 aliphatic heterocycles. The van der Waals surface area contributed by atoms with Crippen LogP contribution in [0.1, 0.15) is 12.8 Å². The van der Waals surface area contributed by atoms with Crippen molar-refractivity contribution < 1.29 is 9.72 Å². The number of carbonyl (C=O) groups excluding carboxylic acids is 1. The smallest absolute Gasteiger partial charge is 0.269 e. The number of nitro groups is 1. The quantitative estimate of drug-likeness (QED) is 0.647. The van der Waals surface area contributed by atoms with E-state index in [1.807, 2.05) is 0 Å². The third kappa shape index (κ3) is 2.48. The van der Waals surface area contributed by atoms with Crippen LogP contribution in [0.5, 0.6) is 0 Å². The summed E-state index contributed by atoms with van der Waals surface area (Å²) in [7, 11) is 1.68. The largest absolute Gasteiger partial charge is 0.314 e. The Morgan fingerprint density at radius 2 is 2.11 bits per heavy atom. The first-order valence-corrected chi connectivity index (χ1v) is 5.85. The number of anilines is 1. The van der Waals surface area contributed by atoms with Crippen LogP contribution in [0.25, 0.3) is 0 Å². The predicted molar refractivity (Wildman–Crippen MR) is 67.5 cm³/mol. The van der Waals surface area contributed by atoms with Gasteiger partial charge < -0.3 is 10.2 Å². The summed E-state index contributed by atoms with van der Waals surface area (Å²) in [6.45, 7) is 0.866. The number of benzene rings is 1. The molecule has 1 aliphatic rings. The summed E-state index contributed by atoms with van der Waals surface area (Å²) < 4.78 is 0. The second-order valence-corrected chi connectivity index (χ2v) is 4.32. The van der Waals surface area contributed by atoms with Gasteiger partial charge in [-0.3, -0.25) is 14.9 Å². The van der Waals surface area contributed by atoms with Crippen molar-refractivity contribution in [1.82, 2.24) is 5.32 Å². The average molecular weight is 249 g/mol. The summed E-state index contributed by atoms with van der Waals surface area (Å²) in [6.07, 6.45) is 1.85. The van der Waals surface area contributed by atoms with Crippen molar-refractivity contribution >= 4 is 17.3 Å². The Bertz CT molecular complexity index is 452. The molecule has 1 atom stereocenters. The molecule has 0 spiro atoms. The lowest BCUT2D eigenvalue weighted by atomic mass is 10.2. The van der Waals surface area contributed by atoms with Gasteiger partial charge >= 0.3 is 0 Å². The lowest BCUT2D eigenvalue weighted by Gasteiger charge is -2.21. The molecule has 1 fully saturated rings. The first kappa shape index (κ1) is 12.5. The zero-order valence-electron chi connectivity index (χ0n) is 10.1. The van der Waals surface area contributed by atoms with E-state index in [2.05, 4.69) is 5.32 Å². The van der Waals surface area contributed by atoms with Crippen molar-refractivity contribution in [2.45, 2.75) is 18.9 Å². The van der Waals surface area contributed by atoms with Gasteiger partial charge in [0, 0.05) is 24.9 Å². The third-order valence-electron chi connectivity index (χ3n) is 3.14. The highest BCUT2D eigenvalue weighted by atomic mass is 16.6. The Morgan fingerprint density at radius 3 is 2.61 bits per heavy atom. The molecular weight excluding hydrogens is 234 g/mol. The number of hydrogen-bond acceptors (Lipinski definition) is 4.